The van der Waals surface area contributed by atoms with Gasteiger partial charge in [-0.05, 0) is 54.8 Å². The molecule has 0 atom stereocenters. The maximum absolute atomic E-state index is 5.39. The van der Waals surface area contributed by atoms with Crippen molar-refractivity contribution in [2.45, 2.75) is 13.3 Å². The van der Waals surface area contributed by atoms with Gasteiger partial charge in [-0.2, -0.15) is 4.98 Å². The lowest BCUT2D eigenvalue weighted by Crippen LogP contribution is -2.08. The molecule has 3 rings (SSSR count). The molecule has 0 aliphatic rings. The van der Waals surface area contributed by atoms with E-state index in [1.165, 1.54) is 5.56 Å². The second-order valence-corrected chi connectivity index (χ2v) is 6.12. The average molecular weight is 364 g/mol. The van der Waals surface area contributed by atoms with Crippen LogP contribution in [-0.4, -0.2) is 30.7 Å². The van der Waals surface area contributed by atoms with Crippen LogP contribution in [-0.2, 0) is 6.42 Å². The van der Waals surface area contributed by atoms with Crippen LogP contribution in [0.2, 0.25) is 0 Å². The molecule has 0 aliphatic heterocycles. The molecule has 6 nitrogen and oxygen atoms in total. The van der Waals surface area contributed by atoms with E-state index < -0.39 is 0 Å². The molecule has 1 heterocycles. The molecule has 3 aromatic rings. The molecule has 27 heavy (non-hydrogen) atoms. The van der Waals surface area contributed by atoms with Gasteiger partial charge in [-0.25, -0.2) is 4.98 Å². The van der Waals surface area contributed by atoms with Crippen molar-refractivity contribution in [1.29, 1.82) is 0 Å². The number of ether oxygens (including phenoxy) is 2. The Kier molecular flexibility index (Phi) is 6.10. The third-order valence-corrected chi connectivity index (χ3v) is 4.11. The largest absolute Gasteiger partial charge is 0.497 e. The van der Waals surface area contributed by atoms with Crippen LogP contribution < -0.4 is 20.1 Å². The van der Waals surface area contributed by atoms with Gasteiger partial charge in [-0.3, -0.25) is 0 Å². The highest BCUT2D eigenvalue weighted by atomic mass is 16.5. The molecule has 1 aromatic heterocycles. The molecule has 0 unspecified atom stereocenters. The minimum Gasteiger partial charge on any atom is -0.497 e. The summed E-state index contributed by atoms with van der Waals surface area (Å²) in [4.78, 5) is 8.82. The zero-order chi connectivity index (χ0) is 19.1. The quantitative estimate of drug-likeness (QED) is 0.624. The van der Waals surface area contributed by atoms with Gasteiger partial charge in [0.1, 0.15) is 17.3 Å². The first kappa shape index (κ1) is 18.5. The highest BCUT2D eigenvalue weighted by Gasteiger charge is 2.06. The van der Waals surface area contributed by atoms with Crippen molar-refractivity contribution in [3.05, 3.63) is 65.9 Å². The Morgan fingerprint density at radius 2 is 1.89 bits per heavy atom. The van der Waals surface area contributed by atoms with Gasteiger partial charge >= 0.3 is 0 Å². The molecule has 0 saturated heterocycles. The van der Waals surface area contributed by atoms with E-state index in [0.29, 0.717) is 5.95 Å². The molecule has 2 aromatic carbocycles. The summed E-state index contributed by atoms with van der Waals surface area (Å²) in [5, 5.41) is 6.56. The van der Waals surface area contributed by atoms with Crippen LogP contribution in [0.5, 0.6) is 11.5 Å². The zero-order valence-electron chi connectivity index (χ0n) is 15.8. The fourth-order valence-corrected chi connectivity index (χ4v) is 2.72. The fourth-order valence-electron chi connectivity index (χ4n) is 2.72. The molecule has 0 bridgehead atoms. The van der Waals surface area contributed by atoms with E-state index in [4.69, 9.17) is 9.47 Å². The summed E-state index contributed by atoms with van der Waals surface area (Å²) in [7, 11) is 3.32. The van der Waals surface area contributed by atoms with Crippen LogP contribution in [0.15, 0.2) is 54.7 Å². The Labute approximate surface area is 159 Å². The Morgan fingerprint density at radius 3 is 2.70 bits per heavy atom. The van der Waals surface area contributed by atoms with Crippen molar-refractivity contribution < 1.29 is 9.47 Å². The van der Waals surface area contributed by atoms with Crippen molar-refractivity contribution in [3.63, 3.8) is 0 Å². The van der Waals surface area contributed by atoms with Gasteiger partial charge in [0.2, 0.25) is 5.95 Å². The first-order valence-electron chi connectivity index (χ1n) is 8.79. The number of methoxy groups -OCH3 is 2. The molecule has 0 spiro atoms. The molecule has 140 valence electrons. The van der Waals surface area contributed by atoms with E-state index in [2.05, 4.69) is 26.7 Å². The minimum absolute atomic E-state index is 0.519. The minimum atomic E-state index is 0.519. The Morgan fingerprint density at radius 1 is 1.00 bits per heavy atom. The van der Waals surface area contributed by atoms with Crippen LogP contribution in [0, 0.1) is 6.92 Å². The van der Waals surface area contributed by atoms with Gasteiger partial charge in [-0.15, -0.1) is 0 Å². The Hall–Kier alpha value is -3.28. The maximum atomic E-state index is 5.39. The summed E-state index contributed by atoms with van der Waals surface area (Å²) in [5.41, 5.74) is 3.18. The van der Waals surface area contributed by atoms with E-state index in [1.807, 2.05) is 49.4 Å². The third kappa shape index (κ3) is 5.10. The molecule has 0 amide bonds. The molecule has 6 heteroatoms. The van der Waals surface area contributed by atoms with Crippen molar-refractivity contribution in [2.24, 2.45) is 0 Å². The number of hydrogen-bond acceptors (Lipinski definition) is 6. The Bertz CT molecular complexity index is 899. The third-order valence-electron chi connectivity index (χ3n) is 4.11. The van der Waals surface area contributed by atoms with E-state index in [-0.39, 0.29) is 0 Å². The topological polar surface area (TPSA) is 68.3 Å². The van der Waals surface area contributed by atoms with Crippen molar-refractivity contribution in [3.8, 4) is 11.5 Å². The fraction of sp³-hybridized carbons (Fsp3) is 0.238. The molecular weight excluding hydrogens is 340 g/mol. The molecule has 0 saturated carbocycles. The number of aryl methyl sites for hydroxylation is 1. The predicted octanol–water partition coefficient (Wildman–Crippen LogP) is 4.20. The maximum Gasteiger partial charge on any atom is 0.229 e. The van der Waals surface area contributed by atoms with Gasteiger partial charge in [0.05, 0.1) is 19.9 Å². The predicted molar refractivity (Wildman–Crippen MR) is 108 cm³/mol. The standard InChI is InChI=1S/C21H24N4O2/c1-15-7-8-19(27-3)18(13-15)24-21-23-12-10-20(25-21)22-11-9-16-5-4-6-17(14-16)26-2/h4-8,10,12-14H,9,11H2,1-3H3,(H2,22,23,24,25). The summed E-state index contributed by atoms with van der Waals surface area (Å²) >= 11 is 0. The second kappa shape index (κ2) is 8.89. The van der Waals surface area contributed by atoms with E-state index >= 15 is 0 Å². The van der Waals surface area contributed by atoms with Crippen LogP contribution in [0.4, 0.5) is 17.5 Å². The molecule has 0 aliphatic carbocycles. The highest BCUT2D eigenvalue weighted by Crippen LogP contribution is 2.27. The normalized spacial score (nSPS) is 10.3. The van der Waals surface area contributed by atoms with Crippen LogP contribution in [0.25, 0.3) is 0 Å². The van der Waals surface area contributed by atoms with Crippen LogP contribution in [0.1, 0.15) is 11.1 Å². The number of benzene rings is 2. The van der Waals surface area contributed by atoms with E-state index in [9.17, 15) is 0 Å². The first-order chi connectivity index (χ1) is 13.2. The van der Waals surface area contributed by atoms with E-state index in [0.717, 1.165) is 41.5 Å². The molecule has 0 radical (unpaired) electrons. The summed E-state index contributed by atoms with van der Waals surface area (Å²) in [6.07, 6.45) is 2.60. The van der Waals surface area contributed by atoms with Gasteiger partial charge in [0.25, 0.3) is 0 Å². The summed E-state index contributed by atoms with van der Waals surface area (Å²) in [6.45, 7) is 2.79. The number of rotatable bonds is 8. The first-order valence-corrected chi connectivity index (χ1v) is 8.79. The molecule has 0 fully saturated rings. The molecule has 2 N–H and O–H groups in total. The van der Waals surface area contributed by atoms with Gasteiger partial charge in [0.15, 0.2) is 0 Å². The lowest BCUT2D eigenvalue weighted by atomic mass is 10.1. The number of nitrogens with zero attached hydrogens (tertiary/aromatic N) is 2. The van der Waals surface area contributed by atoms with Crippen molar-refractivity contribution >= 4 is 17.5 Å². The zero-order valence-corrected chi connectivity index (χ0v) is 15.8. The number of nitrogens with one attached hydrogen (secondary N) is 2. The van der Waals surface area contributed by atoms with E-state index in [1.54, 1.807) is 20.4 Å². The van der Waals surface area contributed by atoms with Gasteiger partial charge in [0, 0.05) is 12.7 Å². The van der Waals surface area contributed by atoms with Gasteiger partial charge in [-0.1, -0.05) is 18.2 Å². The average Bonchev–Trinajstić information content (AvgIpc) is 2.69. The summed E-state index contributed by atoms with van der Waals surface area (Å²) in [6, 6.07) is 15.8. The number of aromatic nitrogens is 2. The monoisotopic (exact) mass is 364 g/mol. The highest BCUT2D eigenvalue weighted by molar-refractivity contribution is 5.64. The summed E-state index contributed by atoms with van der Waals surface area (Å²) in [5.74, 6) is 2.90. The molecular formula is C21H24N4O2. The second-order valence-electron chi connectivity index (χ2n) is 6.12. The van der Waals surface area contributed by atoms with Crippen LogP contribution in [0.3, 0.4) is 0 Å². The van der Waals surface area contributed by atoms with Crippen LogP contribution >= 0.6 is 0 Å². The van der Waals surface area contributed by atoms with Crippen molar-refractivity contribution in [1.82, 2.24) is 9.97 Å². The van der Waals surface area contributed by atoms with Crippen molar-refractivity contribution in [2.75, 3.05) is 31.4 Å². The van der Waals surface area contributed by atoms with Gasteiger partial charge < -0.3 is 20.1 Å². The number of hydrogen-bond donors (Lipinski definition) is 2. The smallest absolute Gasteiger partial charge is 0.229 e. The lowest BCUT2D eigenvalue weighted by molar-refractivity contribution is 0.414. The Balaban J connectivity index is 1.63. The SMILES string of the molecule is COc1cccc(CCNc2ccnc(Nc3cc(C)ccc3OC)n2)c1. The summed E-state index contributed by atoms with van der Waals surface area (Å²) < 4.78 is 10.7. The number of anilines is 3. The lowest BCUT2D eigenvalue weighted by Gasteiger charge is -2.12.